The Morgan fingerprint density at radius 3 is 2.33 bits per heavy atom. The van der Waals surface area contributed by atoms with Gasteiger partial charge in [-0.3, -0.25) is 4.79 Å². The van der Waals surface area contributed by atoms with Crippen molar-refractivity contribution in [1.82, 2.24) is 0 Å². The van der Waals surface area contributed by atoms with Crippen LogP contribution in [-0.4, -0.2) is 43.9 Å². The molecule has 0 aromatic heterocycles. The van der Waals surface area contributed by atoms with Gasteiger partial charge in [0.1, 0.15) is 12.4 Å². The first-order valence-electron chi connectivity index (χ1n) is 6.60. The van der Waals surface area contributed by atoms with Gasteiger partial charge in [0.05, 0.1) is 21.1 Å². The molecule has 0 bridgehead atoms. The molecule has 0 aliphatic rings. The van der Waals surface area contributed by atoms with Crippen LogP contribution in [0.15, 0.2) is 34.4 Å². The van der Waals surface area contributed by atoms with Crippen molar-refractivity contribution in [3.05, 3.63) is 40.1 Å². The van der Waals surface area contributed by atoms with E-state index in [9.17, 15) is 23.1 Å². The van der Waals surface area contributed by atoms with Crippen LogP contribution in [0.3, 0.4) is 0 Å². The Bertz CT molecular complexity index is 826. The van der Waals surface area contributed by atoms with Gasteiger partial charge < -0.3 is 15.3 Å². The lowest BCUT2D eigenvalue weighted by Gasteiger charge is -2.09. The largest absolute Gasteiger partial charge is 0.508 e. The van der Waals surface area contributed by atoms with E-state index >= 15 is 0 Å². The summed E-state index contributed by atoms with van der Waals surface area (Å²) in [4.78, 5) is 23.3. The molecule has 0 saturated carbocycles. The molecule has 24 heavy (non-hydrogen) atoms. The minimum Gasteiger partial charge on any atom is -0.508 e. The molecule has 130 valence electrons. The van der Waals surface area contributed by atoms with Crippen LogP contribution in [0.4, 0.5) is 0 Å². The molecule has 1 rings (SSSR count). The molecule has 2 N–H and O–H groups in total. The van der Waals surface area contributed by atoms with Crippen LogP contribution in [0, 0.1) is 5.41 Å². The summed E-state index contributed by atoms with van der Waals surface area (Å²) >= 11 is 5.86. The van der Waals surface area contributed by atoms with Gasteiger partial charge in [-0.05, 0) is 32.0 Å². The topological polar surface area (TPSA) is 122 Å². The number of esters is 1. The maximum Gasteiger partial charge on any atom is 0.340 e. The molecule has 0 saturated heterocycles. The normalized spacial score (nSPS) is 12.3. The van der Waals surface area contributed by atoms with E-state index < -0.39 is 34.0 Å². The number of aliphatic hydroxyl groups excluding tert-OH is 1. The molecule has 0 amide bonds. The molecule has 0 aliphatic heterocycles. The average molecular weight is 374 g/mol. The van der Waals surface area contributed by atoms with Crippen LogP contribution >= 0.6 is 11.6 Å². The van der Waals surface area contributed by atoms with Crippen molar-refractivity contribution in [2.24, 2.45) is 0 Å². The van der Waals surface area contributed by atoms with Crippen LogP contribution in [0.1, 0.15) is 24.2 Å². The van der Waals surface area contributed by atoms with Crippen LogP contribution in [0.5, 0.6) is 0 Å². The maximum atomic E-state index is 12.0. The summed E-state index contributed by atoms with van der Waals surface area (Å²) in [5, 5.41) is 17.2. The monoisotopic (exact) mass is 373 g/mol. The molecule has 1 aromatic rings. The molecule has 0 unspecified atom stereocenters. The van der Waals surface area contributed by atoms with Crippen LogP contribution in [0.25, 0.3) is 0 Å². The van der Waals surface area contributed by atoms with Gasteiger partial charge in [-0.1, -0.05) is 11.6 Å². The zero-order chi connectivity index (χ0) is 18.7. The fourth-order valence-electron chi connectivity index (χ4n) is 1.86. The highest BCUT2D eigenvalue weighted by Gasteiger charge is 2.19. The number of carbonyl (C=O) groups excluding carboxylic acids is 2. The van der Waals surface area contributed by atoms with Crippen LogP contribution < -0.4 is 0 Å². The molecular formula is C15H16ClNO6S. The van der Waals surface area contributed by atoms with Crippen LogP contribution in [0.2, 0.25) is 5.02 Å². The Morgan fingerprint density at radius 2 is 1.88 bits per heavy atom. The van der Waals surface area contributed by atoms with Gasteiger partial charge >= 0.3 is 5.97 Å². The van der Waals surface area contributed by atoms with Gasteiger partial charge in [-0.25, -0.2) is 13.2 Å². The van der Waals surface area contributed by atoms with Crippen LogP contribution in [-0.2, 0) is 19.4 Å². The van der Waals surface area contributed by atoms with Gasteiger partial charge in [0, 0.05) is 12.0 Å². The van der Waals surface area contributed by atoms with E-state index in [1.54, 1.807) is 0 Å². The highest BCUT2D eigenvalue weighted by molar-refractivity contribution is 7.90. The number of carbonyl (C=O) groups is 2. The predicted molar refractivity (Wildman–Crippen MR) is 88.6 cm³/mol. The van der Waals surface area contributed by atoms with Gasteiger partial charge in [-0.2, -0.15) is 0 Å². The summed E-state index contributed by atoms with van der Waals surface area (Å²) in [5.74, 6) is -2.09. The second kappa shape index (κ2) is 7.59. The first kappa shape index (κ1) is 19.9. The van der Waals surface area contributed by atoms with E-state index in [0.29, 0.717) is 0 Å². The van der Waals surface area contributed by atoms with Crippen molar-refractivity contribution in [3.63, 3.8) is 0 Å². The average Bonchev–Trinajstić information content (AvgIpc) is 2.43. The van der Waals surface area contributed by atoms with E-state index in [1.807, 2.05) is 0 Å². The molecule has 0 atom stereocenters. The zero-order valence-electron chi connectivity index (χ0n) is 13.2. The quantitative estimate of drug-likeness (QED) is 0.341. The van der Waals surface area contributed by atoms with Gasteiger partial charge in [0.25, 0.3) is 0 Å². The van der Waals surface area contributed by atoms with Crippen molar-refractivity contribution >= 4 is 38.9 Å². The number of sulfone groups is 1. The standard InChI is InChI=1S/C15H16ClNO6S/c1-8(17)14(9(2)18)13(19)7-23-15(20)11-6-10(24(3,21)22)4-5-12(11)16/h4-6,17,19H,7H2,1-3H3/b14-13-,17-8?. The second-order valence-electron chi connectivity index (χ2n) is 4.99. The number of aliphatic hydroxyl groups is 1. The van der Waals surface area contributed by atoms with E-state index in [1.165, 1.54) is 19.1 Å². The first-order chi connectivity index (χ1) is 10.9. The summed E-state index contributed by atoms with van der Waals surface area (Å²) < 4.78 is 27.9. The third kappa shape index (κ3) is 4.90. The lowest BCUT2D eigenvalue weighted by atomic mass is 10.1. The molecule has 1 aromatic carbocycles. The van der Waals surface area contributed by atoms with Crippen molar-refractivity contribution in [2.45, 2.75) is 18.7 Å². The SMILES string of the molecule is CC(=N)/C(C(C)=O)=C(/O)COC(=O)c1cc(S(C)(=O)=O)ccc1Cl. The number of allylic oxidation sites excluding steroid dienone is 1. The number of rotatable bonds is 6. The van der Waals surface area contributed by atoms with Gasteiger partial charge in [0.15, 0.2) is 15.6 Å². The molecule has 7 nitrogen and oxygen atoms in total. The Hall–Kier alpha value is -2.19. The lowest BCUT2D eigenvalue weighted by molar-refractivity contribution is -0.113. The summed E-state index contributed by atoms with van der Waals surface area (Å²) in [6.07, 6.45) is 0.978. The minimum absolute atomic E-state index is 0.0223. The number of ether oxygens (including phenoxy) is 1. The Balaban J connectivity index is 3.07. The second-order valence-corrected chi connectivity index (χ2v) is 7.42. The van der Waals surface area contributed by atoms with Crippen molar-refractivity contribution in [1.29, 1.82) is 5.41 Å². The molecule has 0 fully saturated rings. The molecular weight excluding hydrogens is 358 g/mol. The number of halogens is 1. The number of ketones is 1. The molecule has 9 heteroatoms. The number of hydrogen-bond acceptors (Lipinski definition) is 7. The summed E-state index contributed by atoms with van der Waals surface area (Å²) in [5.41, 5.74) is -0.615. The van der Waals surface area contributed by atoms with Gasteiger partial charge in [-0.15, -0.1) is 0 Å². The summed E-state index contributed by atoms with van der Waals surface area (Å²) in [7, 11) is -3.54. The van der Waals surface area contributed by atoms with E-state index in [0.717, 1.165) is 19.2 Å². The lowest BCUT2D eigenvalue weighted by Crippen LogP contribution is -2.15. The number of hydrogen-bond donors (Lipinski definition) is 2. The zero-order valence-corrected chi connectivity index (χ0v) is 14.8. The molecule has 0 aliphatic carbocycles. The van der Waals surface area contributed by atoms with Crippen molar-refractivity contribution in [2.75, 3.05) is 12.9 Å². The van der Waals surface area contributed by atoms with E-state index in [4.69, 9.17) is 21.7 Å². The van der Waals surface area contributed by atoms with E-state index in [2.05, 4.69) is 0 Å². The fourth-order valence-corrected chi connectivity index (χ4v) is 2.70. The van der Waals surface area contributed by atoms with Crippen molar-refractivity contribution < 1.29 is 27.9 Å². The van der Waals surface area contributed by atoms with E-state index in [-0.39, 0.29) is 26.8 Å². The first-order valence-corrected chi connectivity index (χ1v) is 8.87. The smallest absolute Gasteiger partial charge is 0.340 e. The highest BCUT2D eigenvalue weighted by Crippen LogP contribution is 2.21. The summed E-state index contributed by atoms with van der Waals surface area (Å²) in [6.45, 7) is 1.82. The predicted octanol–water partition coefficient (Wildman–Crippen LogP) is 2.34. The number of Topliss-reactive ketones (excluding diaryl/α,β-unsaturated/α-hetero) is 1. The fraction of sp³-hybridized carbons (Fsp3) is 0.267. The number of nitrogens with one attached hydrogen (secondary N) is 1. The molecule has 0 radical (unpaired) electrons. The third-order valence-corrected chi connectivity index (χ3v) is 4.38. The maximum absolute atomic E-state index is 12.0. The Kier molecular flexibility index (Phi) is 6.28. The highest BCUT2D eigenvalue weighted by atomic mass is 35.5. The van der Waals surface area contributed by atoms with Crippen molar-refractivity contribution in [3.8, 4) is 0 Å². The van der Waals surface area contributed by atoms with Gasteiger partial charge in [0.2, 0.25) is 0 Å². The Morgan fingerprint density at radius 1 is 1.29 bits per heavy atom. The molecule has 0 spiro atoms. The Labute approximate surface area is 144 Å². The third-order valence-electron chi connectivity index (χ3n) is 2.94. The molecule has 0 heterocycles. The number of benzene rings is 1. The summed E-state index contributed by atoms with van der Waals surface area (Å²) in [6, 6.07) is 3.56. The minimum atomic E-state index is -3.54.